The average molecular weight is 317 g/mol. The highest BCUT2D eigenvalue weighted by atomic mass is 16.5. The summed E-state index contributed by atoms with van der Waals surface area (Å²) in [6.07, 6.45) is 3.28. The minimum absolute atomic E-state index is 0.00177. The zero-order chi connectivity index (χ0) is 16.2. The molecule has 1 amide bonds. The van der Waals surface area contributed by atoms with Crippen LogP contribution in [0.5, 0.6) is 0 Å². The van der Waals surface area contributed by atoms with Gasteiger partial charge in [0, 0.05) is 19.1 Å². The highest BCUT2D eigenvalue weighted by Crippen LogP contribution is 2.36. The van der Waals surface area contributed by atoms with Crippen LogP contribution in [0.2, 0.25) is 0 Å². The van der Waals surface area contributed by atoms with E-state index in [1.807, 2.05) is 18.2 Å². The molecule has 2 fully saturated rings. The third-order valence-corrected chi connectivity index (χ3v) is 5.04. The Balaban J connectivity index is 1.57. The summed E-state index contributed by atoms with van der Waals surface area (Å²) in [6.45, 7) is 1.29. The van der Waals surface area contributed by atoms with E-state index in [-0.39, 0.29) is 23.8 Å². The van der Waals surface area contributed by atoms with E-state index in [0.29, 0.717) is 19.4 Å². The predicted octanol–water partition coefficient (Wildman–Crippen LogP) is 2.38. The van der Waals surface area contributed by atoms with E-state index >= 15 is 0 Å². The van der Waals surface area contributed by atoms with E-state index in [2.05, 4.69) is 17.4 Å². The van der Waals surface area contributed by atoms with Crippen LogP contribution in [0.15, 0.2) is 30.3 Å². The quantitative estimate of drug-likeness (QED) is 0.874. The van der Waals surface area contributed by atoms with E-state index in [0.717, 1.165) is 25.0 Å². The number of nitrogens with one attached hydrogen (secondary N) is 1. The number of carbonyl (C=O) groups is 2. The molecule has 23 heavy (non-hydrogen) atoms. The Bertz CT molecular complexity index is 559. The molecule has 0 spiro atoms. The number of hydrogen-bond donors (Lipinski definition) is 2. The first-order valence-corrected chi connectivity index (χ1v) is 8.34. The number of ether oxygens (including phenoxy) is 1. The minimum atomic E-state index is -0.862. The topological polar surface area (TPSA) is 75.6 Å². The monoisotopic (exact) mass is 317 g/mol. The maximum absolute atomic E-state index is 12.2. The van der Waals surface area contributed by atoms with Crippen LogP contribution in [0, 0.1) is 17.8 Å². The summed E-state index contributed by atoms with van der Waals surface area (Å²) >= 11 is 0. The molecule has 1 aromatic rings. The van der Waals surface area contributed by atoms with Crippen molar-refractivity contribution in [2.75, 3.05) is 13.2 Å². The fourth-order valence-electron chi connectivity index (χ4n) is 3.54. The maximum atomic E-state index is 12.2. The standard InChI is InChI=1S/C18H23NO4/c20-17(14-8-9-15(14)18(21)22)19-11-13-7-4-10-23-16(13)12-5-2-1-3-6-12/h1-3,5-6,13-16H,4,7-11H2,(H,19,20)(H,21,22). The lowest BCUT2D eigenvalue weighted by molar-refractivity contribution is -0.152. The van der Waals surface area contributed by atoms with Crippen LogP contribution in [0.25, 0.3) is 0 Å². The Hall–Kier alpha value is -1.88. The molecule has 5 nitrogen and oxygen atoms in total. The van der Waals surface area contributed by atoms with E-state index in [1.165, 1.54) is 0 Å². The molecule has 1 saturated carbocycles. The molecular formula is C18H23NO4. The Kier molecular flexibility index (Phi) is 4.96. The molecule has 4 atom stereocenters. The van der Waals surface area contributed by atoms with Gasteiger partial charge in [0.2, 0.25) is 5.91 Å². The molecular weight excluding hydrogens is 294 g/mol. The van der Waals surface area contributed by atoms with Crippen molar-refractivity contribution < 1.29 is 19.4 Å². The van der Waals surface area contributed by atoms with Crippen LogP contribution in [0.3, 0.4) is 0 Å². The highest BCUT2D eigenvalue weighted by Gasteiger charge is 2.41. The molecule has 2 aliphatic rings. The summed E-state index contributed by atoms with van der Waals surface area (Å²) < 4.78 is 5.92. The first-order chi connectivity index (χ1) is 11.2. The van der Waals surface area contributed by atoms with Gasteiger partial charge in [0.15, 0.2) is 0 Å². The van der Waals surface area contributed by atoms with Gasteiger partial charge in [-0.25, -0.2) is 0 Å². The molecule has 2 N–H and O–H groups in total. The molecule has 3 rings (SSSR count). The molecule has 1 aliphatic carbocycles. The van der Waals surface area contributed by atoms with Gasteiger partial charge in [0.1, 0.15) is 0 Å². The third-order valence-electron chi connectivity index (χ3n) is 5.04. The predicted molar refractivity (Wildman–Crippen MR) is 84.7 cm³/mol. The number of carbonyl (C=O) groups excluding carboxylic acids is 1. The van der Waals surface area contributed by atoms with Crippen LogP contribution in [-0.2, 0) is 14.3 Å². The number of carboxylic acids is 1. The number of amides is 1. The smallest absolute Gasteiger partial charge is 0.307 e. The van der Waals surface area contributed by atoms with Crippen LogP contribution in [0.4, 0.5) is 0 Å². The fourth-order valence-corrected chi connectivity index (χ4v) is 3.54. The normalized spacial score (nSPS) is 30.3. The zero-order valence-corrected chi connectivity index (χ0v) is 13.1. The van der Waals surface area contributed by atoms with E-state index < -0.39 is 11.9 Å². The van der Waals surface area contributed by atoms with Crippen molar-refractivity contribution in [2.45, 2.75) is 31.8 Å². The summed E-state index contributed by atoms with van der Waals surface area (Å²) in [7, 11) is 0. The second kappa shape index (κ2) is 7.13. The van der Waals surface area contributed by atoms with Gasteiger partial charge in [-0.2, -0.15) is 0 Å². The first-order valence-electron chi connectivity index (χ1n) is 8.34. The van der Waals surface area contributed by atoms with Gasteiger partial charge in [0.25, 0.3) is 0 Å². The summed E-state index contributed by atoms with van der Waals surface area (Å²) in [5.41, 5.74) is 1.14. The van der Waals surface area contributed by atoms with Crippen molar-refractivity contribution in [1.82, 2.24) is 5.32 Å². The number of benzene rings is 1. The van der Waals surface area contributed by atoms with E-state index in [1.54, 1.807) is 0 Å². The fraction of sp³-hybridized carbons (Fsp3) is 0.556. The number of hydrogen-bond acceptors (Lipinski definition) is 3. The minimum Gasteiger partial charge on any atom is -0.481 e. The van der Waals surface area contributed by atoms with Gasteiger partial charge >= 0.3 is 5.97 Å². The first kappa shape index (κ1) is 16.0. The van der Waals surface area contributed by atoms with Crippen LogP contribution < -0.4 is 5.32 Å². The Morgan fingerprint density at radius 3 is 2.52 bits per heavy atom. The Labute approximate surface area is 136 Å². The number of carboxylic acid groups (broad SMARTS) is 1. The molecule has 0 bridgehead atoms. The van der Waals surface area contributed by atoms with Crippen LogP contribution in [0.1, 0.15) is 37.4 Å². The Morgan fingerprint density at radius 1 is 1.13 bits per heavy atom. The lowest BCUT2D eigenvalue weighted by Gasteiger charge is -2.35. The Morgan fingerprint density at radius 2 is 1.87 bits per heavy atom. The van der Waals surface area contributed by atoms with Crippen molar-refractivity contribution in [2.24, 2.45) is 17.8 Å². The van der Waals surface area contributed by atoms with Gasteiger partial charge in [-0.05, 0) is 31.2 Å². The summed E-state index contributed by atoms with van der Waals surface area (Å²) in [6, 6.07) is 10.1. The number of aliphatic carboxylic acids is 1. The second-order valence-corrected chi connectivity index (χ2v) is 6.48. The zero-order valence-electron chi connectivity index (χ0n) is 13.1. The van der Waals surface area contributed by atoms with Crippen molar-refractivity contribution in [3.05, 3.63) is 35.9 Å². The molecule has 1 aromatic carbocycles. The maximum Gasteiger partial charge on any atom is 0.307 e. The van der Waals surface area contributed by atoms with Gasteiger partial charge in [0.05, 0.1) is 17.9 Å². The van der Waals surface area contributed by atoms with Crippen molar-refractivity contribution in [3.63, 3.8) is 0 Å². The molecule has 0 aromatic heterocycles. The van der Waals surface area contributed by atoms with E-state index in [4.69, 9.17) is 9.84 Å². The molecule has 4 unspecified atom stereocenters. The van der Waals surface area contributed by atoms with Crippen molar-refractivity contribution in [1.29, 1.82) is 0 Å². The van der Waals surface area contributed by atoms with Gasteiger partial charge in [-0.1, -0.05) is 30.3 Å². The lowest BCUT2D eigenvalue weighted by Crippen LogP contribution is -2.46. The summed E-state index contributed by atoms with van der Waals surface area (Å²) in [5.74, 6) is -1.63. The summed E-state index contributed by atoms with van der Waals surface area (Å²) in [5, 5.41) is 12.0. The summed E-state index contributed by atoms with van der Waals surface area (Å²) in [4.78, 5) is 23.3. The van der Waals surface area contributed by atoms with Crippen molar-refractivity contribution >= 4 is 11.9 Å². The average Bonchev–Trinajstić information content (AvgIpc) is 2.52. The molecule has 0 radical (unpaired) electrons. The SMILES string of the molecule is O=C(O)C1CCC1C(=O)NCC1CCCOC1c1ccccc1. The molecule has 1 heterocycles. The highest BCUT2D eigenvalue weighted by molar-refractivity contribution is 5.86. The second-order valence-electron chi connectivity index (χ2n) is 6.48. The van der Waals surface area contributed by atoms with Crippen molar-refractivity contribution in [3.8, 4) is 0 Å². The van der Waals surface area contributed by atoms with Crippen LogP contribution in [-0.4, -0.2) is 30.1 Å². The molecule has 1 aliphatic heterocycles. The van der Waals surface area contributed by atoms with Gasteiger partial charge in [-0.15, -0.1) is 0 Å². The largest absolute Gasteiger partial charge is 0.481 e. The van der Waals surface area contributed by atoms with Crippen LogP contribution >= 0.6 is 0 Å². The molecule has 5 heteroatoms. The van der Waals surface area contributed by atoms with Gasteiger partial charge < -0.3 is 15.2 Å². The molecule has 1 saturated heterocycles. The van der Waals surface area contributed by atoms with Gasteiger partial charge in [-0.3, -0.25) is 9.59 Å². The molecule has 124 valence electrons. The number of rotatable bonds is 5. The third kappa shape index (κ3) is 3.55. The van der Waals surface area contributed by atoms with E-state index in [9.17, 15) is 9.59 Å². The lowest BCUT2D eigenvalue weighted by atomic mass is 9.73.